The normalized spacial score (nSPS) is 10.8. The number of hydrogen-bond donors (Lipinski definition) is 2. The van der Waals surface area contributed by atoms with Crippen molar-refractivity contribution >= 4 is 45.1 Å². The van der Waals surface area contributed by atoms with Gasteiger partial charge in [0.1, 0.15) is 23.2 Å². The molecular formula is C21H13ClN4O3. The van der Waals surface area contributed by atoms with Crippen LogP contribution in [0.25, 0.3) is 21.8 Å². The second-order valence-corrected chi connectivity index (χ2v) is 6.76. The van der Waals surface area contributed by atoms with Gasteiger partial charge in [-0.15, -0.1) is 0 Å². The molecule has 0 unspecified atom stereocenters. The zero-order valence-corrected chi connectivity index (χ0v) is 15.7. The van der Waals surface area contributed by atoms with Gasteiger partial charge in [0.2, 0.25) is 5.78 Å². The van der Waals surface area contributed by atoms with Gasteiger partial charge in [0.05, 0.1) is 5.56 Å². The fraction of sp³-hybridized carbons (Fsp3) is 0.0476. The number of H-pyrrole nitrogens is 1. The van der Waals surface area contributed by atoms with Crippen molar-refractivity contribution in [1.82, 2.24) is 9.97 Å². The number of nitrogens with zero attached hydrogens (tertiary/aromatic N) is 2. The maximum atomic E-state index is 12.7. The summed E-state index contributed by atoms with van der Waals surface area (Å²) in [5.41, 5.74) is 6.69. The minimum Gasteiger partial charge on any atom is -0.485 e. The lowest BCUT2D eigenvalue weighted by Gasteiger charge is -2.11. The second-order valence-electron chi connectivity index (χ2n) is 6.32. The molecule has 1 amide bonds. The number of nitriles is 1. The van der Waals surface area contributed by atoms with Crippen LogP contribution in [-0.4, -0.2) is 28.3 Å². The Bertz CT molecular complexity index is 1340. The molecule has 0 fully saturated rings. The molecule has 0 atom stereocenters. The number of pyridine rings is 1. The number of primary amides is 1. The van der Waals surface area contributed by atoms with Crippen molar-refractivity contribution in [3.05, 3.63) is 70.5 Å². The summed E-state index contributed by atoms with van der Waals surface area (Å²) in [7, 11) is 0. The third-order valence-corrected chi connectivity index (χ3v) is 4.71. The zero-order valence-electron chi connectivity index (χ0n) is 14.9. The minimum atomic E-state index is -0.672. The molecule has 4 aromatic rings. The summed E-state index contributed by atoms with van der Waals surface area (Å²) in [5, 5.41) is 11.6. The summed E-state index contributed by atoms with van der Waals surface area (Å²) in [4.78, 5) is 31.5. The molecule has 0 aliphatic rings. The van der Waals surface area contributed by atoms with Crippen LogP contribution in [0.1, 0.15) is 26.4 Å². The van der Waals surface area contributed by atoms with Crippen molar-refractivity contribution in [1.29, 1.82) is 5.26 Å². The van der Waals surface area contributed by atoms with Crippen LogP contribution in [0.3, 0.4) is 0 Å². The highest BCUT2D eigenvalue weighted by atomic mass is 35.5. The van der Waals surface area contributed by atoms with Gasteiger partial charge in [-0.2, -0.15) is 5.26 Å². The Labute approximate surface area is 169 Å². The number of carbonyl (C=O) groups is 2. The number of benzene rings is 2. The van der Waals surface area contributed by atoms with E-state index in [0.717, 1.165) is 10.8 Å². The Balaban J connectivity index is 1.63. The second kappa shape index (κ2) is 7.26. The van der Waals surface area contributed by atoms with Gasteiger partial charge in [-0.3, -0.25) is 9.59 Å². The molecule has 0 saturated heterocycles. The number of nitrogens with two attached hydrogens (primary N) is 1. The maximum absolute atomic E-state index is 12.7. The van der Waals surface area contributed by atoms with Crippen molar-refractivity contribution in [3.63, 3.8) is 0 Å². The molecule has 7 nitrogen and oxygen atoms in total. The van der Waals surface area contributed by atoms with Crippen LogP contribution in [0.5, 0.6) is 5.75 Å². The van der Waals surface area contributed by atoms with Gasteiger partial charge in [0.15, 0.2) is 6.61 Å². The Morgan fingerprint density at radius 2 is 1.97 bits per heavy atom. The van der Waals surface area contributed by atoms with Crippen molar-refractivity contribution in [2.45, 2.75) is 0 Å². The Hall–Kier alpha value is -3.89. The third kappa shape index (κ3) is 3.49. The standard InChI is InChI=1S/C21H13ClN4O3/c22-13-2-1-11-7-19(16(20(24)28)6-12(11)5-13)29-10-18(27)17-9-25-21-15(17)4-3-14(8-23)26-21/h1-7,9H,10H2,(H2,24,28)(H,25,26). The van der Waals surface area contributed by atoms with E-state index in [1.807, 2.05) is 6.07 Å². The number of hydrogen-bond acceptors (Lipinski definition) is 5. The number of halogens is 1. The highest BCUT2D eigenvalue weighted by Gasteiger charge is 2.17. The fourth-order valence-electron chi connectivity index (χ4n) is 3.08. The molecule has 0 radical (unpaired) electrons. The number of ketones is 1. The van der Waals surface area contributed by atoms with E-state index in [9.17, 15) is 9.59 Å². The van der Waals surface area contributed by atoms with Gasteiger partial charge in [0.25, 0.3) is 5.91 Å². The molecule has 2 heterocycles. The number of aromatic nitrogens is 2. The van der Waals surface area contributed by atoms with E-state index in [1.165, 1.54) is 12.3 Å². The molecule has 0 aliphatic carbocycles. The van der Waals surface area contributed by atoms with E-state index in [2.05, 4.69) is 9.97 Å². The summed E-state index contributed by atoms with van der Waals surface area (Å²) < 4.78 is 5.65. The largest absolute Gasteiger partial charge is 0.485 e. The number of amides is 1. The predicted octanol–water partition coefficient (Wildman–Crippen LogP) is 3.60. The molecule has 0 spiro atoms. The lowest BCUT2D eigenvalue weighted by molar-refractivity contribution is 0.0914. The van der Waals surface area contributed by atoms with Gasteiger partial charge >= 0.3 is 0 Å². The quantitative estimate of drug-likeness (QED) is 0.492. The number of rotatable bonds is 5. The summed E-state index contributed by atoms with van der Waals surface area (Å²) in [6, 6.07) is 13.6. The lowest BCUT2D eigenvalue weighted by Crippen LogP contribution is -2.16. The van der Waals surface area contributed by atoms with E-state index in [-0.39, 0.29) is 29.4 Å². The van der Waals surface area contributed by atoms with Crippen LogP contribution in [0, 0.1) is 11.3 Å². The van der Waals surface area contributed by atoms with Crippen LogP contribution in [0.4, 0.5) is 0 Å². The number of nitrogens with one attached hydrogen (secondary N) is 1. The first kappa shape index (κ1) is 18.5. The molecule has 0 bridgehead atoms. The molecule has 142 valence electrons. The van der Waals surface area contributed by atoms with Crippen molar-refractivity contribution in [2.24, 2.45) is 5.73 Å². The first-order valence-electron chi connectivity index (χ1n) is 8.53. The third-order valence-electron chi connectivity index (χ3n) is 4.48. The zero-order chi connectivity index (χ0) is 20.5. The minimum absolute atomic E-state index is 0.159. The molecule has 3 N–H and O–H groups in total. The Morgan fingerprint density at radius 3 is 2.72 bits per heavy atom. The topological polar surface area (TPSA) is 122 Å². The number of carbonyl (C=O) groups excluding carboxylic acids is 2. The smallest absolute Gasteiger partial charge is 0.252 e. The summed E-state index contributed by atoms with van der Waals surface area (Å²) in [6.07, 6.45) is 1.52. The summed E-state index contributed by atoms with van der Waals surface area (Å²) in [5.74, 6) is -0.769. The van der Waals surface area contributed by atoms with Gasteiger partial charge in [0, 0.05) is 22.2 Å². The summed E-state index contributed by atoms with van der Waals surface area (Å²) in [6.45, 7) is -0.299. The number of aromatic amines is 1. The van der Waals surface area contributed by atoms with Crippen molar-refractivity contribution in [2.75, 3.05) is 6.61 Å². The number of fused-ring (bicyclic) bond motifs is 2. The highest BCUT2D eigenvalue weighted by molar-refractivity contribution is 6.31. The van der Waals surface area contributed by atoms with Crippen LogP contribution >= 0.6 is 11.6 Å². The average Bonchev–Trinajstić information content (AvgIpc) is 3.14. The fourth-order valence-corrected chi connectivity index (χ4v) is 3.26. The van der Waals surface area contributed by atoms with E-state index >= 15 is 0 Å². The Morgan fingerprint density at radius 1 is 1.14 bits per heavy atom. The molecule has 4 rings (SSSR count). The molecular weight excluding hydrogens is 392 g/mol. The van der Waals surface area contributed by atoms with Gasteiger partial charge in [-0.25, -0.2) is 4.98 Å². The van der Waals surface area contributed by atoms with Gasteiger partial charge in [-0.1, -0.05) is 17.7 Å². The maximum Gasteiger partial charge on any atom is 0.252 e. The van der Waals surface area contributed by atoms with E-state index in [1.54, 1.807) is 36.4 Å². The molecule has 0 saturated carbocycles. The SMILES string of the molecule is N#Cc1ccc2c(C(=O)COc3cc4ccc(Cl)cc4cc3C(N)=O)c[nH]c2n1. The number of ether oxygens (including phenoxy) is 1. The average molecular weight is 405 g/mol. The van der Waals surface area contributed by atoms with Crippen molar-refractivity contribution in [3.8, 4) is 11.8 Å². The molecule has 0 aliphatic heterocycles. The van der Waals surface area contributed by atoms with E-state index in [0.29, 0.717) is 21.6 Å². The Kier molecular flexibility index (Phi) is 4.63. The van der Waals surface area contributed by atoms with Crippen LogP contribution in [0.15, 0.2) is 48.7 Å². The molecule has 8 heteroatoms. The first-order chi connectivity index (χ1) is 14.0. The number of Topliss-reactive ketones (excluding diaryl/α,β-unsaturated/α-hetero) is 1. The first-order valence-corrected chi connectivity index (χ1v) is 8.91. The van der Waals surface area contributed by atoms with E-state index < -0.39 is 5.91 Å². The monoisotopic (exact) mass is 404 g/mol. The van der Waals surface area contributed by atoms with E-state index in [4.69, 9.17) is 27.3 Å². The molecule has 2 aromatic carbocycles. The van der Waals surface area contributed by atoms with Crippen LogP contribution in [-0.2, 0) is 0 Å². The van der Waals surface area contributed by atoms with Gasteiger partial charge in [-0.05, 0) is 47.2 Å². The highest BCUT2D eigenvalue weighted by Crippen LogP contribution is 2.28. The van der Waals surface area contributed by atoms with Crippen LogP contribution in [0.2, 0.25) is 5.02 Å². The summed E-state index contributed by atoms with van der Waals surface area (Å²) >= 11 is 6.00. The van der Waals surface area contributed by atoms with Gasteiger partial charge < -0.3 is 15.5 Å². The lowest BCUT2D eigenvalue weighted by atomic mass is 10.1. The molecule has 2 aromatic heterocycles. The van der Waals surface area contributed by atoms with Crippen molar-refractivity contribution < 1.29 is 14.3 Å². The van der Waals surface area contributed by atoms with Crippen LogP contribution < -0.4 is 10.5 Å². The molecule has 29 heavy (non-hydrogen) atoms. The predicted molar refractivity (Wildman–Crippen MR) is 108 cm³/mol.